The van der Waals surface area contributed by atoms with E-state index in [1.807, 2.05) is 36.4 Å². The molecule has 0 radical (unpaired) electrons. The molecule has 0 spiro atoms. The van der Waals surface area contributed by atoms with Crippen molar-refractivity contribution in [1.29, 1.82) is 0 Å². The molecule has 2 aromatic carbocycles. The van der Waals surface area contributed by atoms with Gasteiger partial charge in [0, 0.05) is 11.8 Å². The van der Waals surface area contributed by atoms with Crippen molar-refractivity contribution in [2.75, 3.05) is 12.3 Å². The molecular weight excluding hydrogens is 372 g/mol. The molecule has 1 fully saturated rings. The monoisotopic (exact) mass is 392 g/mol. The third-order valence-corrected chi connectivity index (χ3v) is 5.49. The molecule has 0 bridgehead atoms. The lowest BCUT2D eigenvalue weighted by molar-refractivity contribution is -0.0508. The van der Waals surface area contributed by atoms with Crippen molar-refractivity contribution in [3.05, 3.63) is 55.0 Å². The van der Waals surface area contributed by atoms with Crippen LogP contribution in [0, 0.1) is 0 Å². The minimum absolute atomic E-state index is 0.309. The van der Waals surface area contributed by atoms with Crippen LogP contribution in [0.2, 0.25) is 0 Å². The minimum Gasteiger partial charge on any atom is -0.394 e. The summed E-state index contributed by atoms with van der Waals surface area (Å²) >= 11 is 0. The molecule has 0 amide bonds. The number of nitrogen functional groups attached to an aromatic ring is 1. The zero-order valence-electron chi connectivity index (χ0n) is 15.4. The molecule has 4 atom stereocenters. The summed E-state index contributed by atoms with van der Waals surface area (Å²) in [6.07, 6.45) is -1.07. The molecule has 1 aliphatic rings. The number of aliphatic hydroxyl groups is 3. The highest BCUT2D eigenvalue weighted by Crippen LogP contribution is 2.38. The van der Waals surface area contributed by atoms with Gasteiger partial charge in [-0.15, -0.1) is 0 Å². The number of hydrogen-bond acceptors (Lipinski definition) is 7. The SMILES string of the molecule is Nc1ncnc2c1c(-c1ccc3ccccc3c1)cn2[C@@H]1O[C@H](CO)C(O)[C@@H]1O. The number of fused-ring (bicyclic) bond motifs is 2. The van der Waals surface area contributed by atoms with Gasteiger partial charge in [0.1, 0.15) is 36.1 Å². The summed E-state index contributed by atoms with van der Waals surface area (Å²) < 4.78 is 7.34. The average molecular weight is 392 g/mol. The second-order valence-electron chi connectivity index (χ2n) is 7.20. The van der Waals surface area contributed by atoms with Gasteiger partial charge in [-0.3, -0.25) is 0 Å². The smallest absolute Gasteiger partial charge is 0.164 e. The number of rotatable bonds is 3. The van der Waals surface area contributed by atoms with Gasteiger partial charge in [0.15, 0.2) is 6.23 Å². The number of ether oxygens (including phenoxy) is 1. The first-order chi connectivity index (χ1) is 14.1. The first-order valence-corrected chi connectivity index (χ1v) is 9.31. The summed E-state index contributed by atoms with van der Waals surface area (Å²) in [5.74, 6) is 0.309. The standard InChI is InChI=1S/C21H20N4O4/c22-19-16-14(13-6-5-11-3-1-2-4-12(11)7-13)8-25(20(16)24-10-23-19)21-18(28)17(27)15(9-26)29-21/h1-8,10,15,17-18,21,26-28H,9H2,(H2,22,23,24)/t15-,17?,18+,21-/m1/s1. The first kappa shape index (κ1) is 18.0. The van der Waals surface area contributed by atoms with Crippen molar-refractivity contribution >= 4 is 27.6 Å². The van der Waals surface area contributed by atoms with Gasteiger partial charge in [0.25, 0.3) is 0 Å². The van der Waals surface area contributed by atoms with E-state index in [1.54, 1.807) is 10.8 Å². The predicted octanol–water partition coefficient (Wildman–Crippen LogP) is 1.45. The fraction of sp³-hybridized carbons (Fsp3) is 0.238. The number of anilines is 1. The van der Waals surface area contributed by atoms with Crippen LogP contribution in [-0.4, -0.2) is 54.8 Å². The van der Waals surface area contributed by atoms with Crippen LogP contribution < -0.4 is 5.73 Å². The molecule has 1 unspecified atom stereocenters. The summed E-state index contributed by atoms with van der Waals surface area (Å²) in [7, 11) is 0. The Morgan fingerprint density at radius 3 is 2.59 bits per heavy atom. The maximum atomic E-state index is 10.5. The van der Waals surface area contributed by atoms with E-state index in [0.717, 1.165) is 21.9 Å². The second-order valence-corrected chi connectivity index (χ2v) is 7.20. The zero-order valence-corrected chi connectivity index (χ0v) is 15.4. The molecule has 29 heavy (non-hydrogen) atoms. The van der Waals surface area contributed by atoms with Gasteiger partial charge in [-0.2, -0.15) is 0 Å². The largest absolute Gasteiger partial charge is 0.394 e. The number of nitrogens with two attached hydrogens (primary N) is 1. The van der Waals surface area contributed by atoms with Gasteiger partial charge < -0.3 is 30.4 Å². The highest BCUT2D eigenvalue weighted by molar-refractivity contribution is 6.02. The van der Waals surface area contributed by atoms with Crippen molar-refractivity contribution in [3.8, 4) is 11.1 Å². The Morgan fingerprint density at radius 2 is 1.83 bits per heavy atom. The summed E-state index contributed by atoms with van der Waals surface area (Å²) in [6.45, 7) is -0.400. The Bertz CT molecular complexity index is 1210. The Hall–Kier alpha value is -3.04. The molecule has 8 heteroatoms. The van der Waals surface area contributed by atoms with Crippen LogP contribution in [0.3, 0.4) is 0 Å². The molecule has 2 aromatic heterocycles. The van der Waals surface area contributed by atoms with Gasteiger partial charge in [0.05, 0.1) is 12.0 Å². The molecular formula is C21H20N4O4. The molecule has 5 N–H and O–H groups in total. The maximum absolute atomic E-state index is 10.5. The van der Waals surface area contributed by atoms with Crippen molar-refractivity contribution in [1.82, 2.24) is 14.5 Å². The topological polar surface area (TPSA) is 127 Å². The quantitative estimate of drug-likeness (QED) is 0.416. The summed E-state index contributed by atoms with van der Waals surface area (Å²) in [5.41, 5.74) is 8.37. The van der Waals surface area contributed by atoms with Crippen LogP contribution in [0.5, 0.6) is 0 Å². The maximum Gasteiger partial charge on any atom is 0.164 e. The van der Waals surface area contributed by atoms with Crippen molar-refractivity contribution in [2.45, 2.75) is 24.5 Å². The van der Waals surface area contributed by atoms with Gasteiger partial charge in [-0.05, 0) is 22.4 Å². The van der Waals surface area contributed by atoms with Gasteiger partial charge in [0.2, 0.25) is 0 Å². The van der Waals surface area contributed by atoms with Gasteiger partial charge in [-0.1, -0.05) is 36.4 Å². The van der Waals surface area contributed by atoms with E-state index in [1.165, 1.54) is 6.33 Å². The molecule has 148 valence electrons. The van der Waals surface area contributed by atoms with Crippen molar-refractivity contribution < 1.29 is 20.1 Å². The van der Waals surface area contributed by atoms with Crippen LogP contribution in [0.15, 0.2) is 55.0 Å². The van der Waals surface area contributed by atoms with Crippen LogP contribution in [-0.2, 0) is 4.74 Å². The van der Waals surface area contributed by atoms with Crippen LogP contribution >= 0.6 is 0 Å². The molecule has 4 aromatic rings. The molecule has 0 saturated carbocycles. The molecule has 5 rings (SSSR count). The Labute approximate surface area is 165 Å². The van der Waals surface area contributed by atoms with E-state index in [9.17, 15) is 15.3 Å². The lowest BCUT2D eigenvalue weighted by atomic mass is 10.0. The third-order valence-electron chi connectivity index (χ3n) is 5.49. The van der Waals surface area contributed by atoms with E-state index in [4.69, 9.17) is 10.5 Å². The van der Waals surface area contributed by atoms with E-state index in [-0.39, 0.29) is 0 Å². The molecule has 1 aliphatic heterocycles. The van der Waals surface area contributed by atoms with Crippen molar-refractivity contribution in [2.24, 2.45) is 0 Å². The lowest BCUT2D eigenvalue weighted by Crippen LogP contribution is -2.33. The average Bonchev–Trinajstić information content (AvgIpc) is 3.26. The molecule has 1 saturated heterocycles. The van der Waals surface area contributed by atoms with E-state index in [2.05, 4.69) is 16.0 Å². The van der Waals surface area contributed by atoms with E-state index < -0.39 is 31.1 Å². The fourth-order valence-electron chi connectivity index (χ4n) is 3.99. The van der Waals surface area contributed by atoms with Crippen LogP contribution in [0.1, 0.15) is 6.23 Å². The zero-order chi connectivity index (χ0) is 20.1. The number of aromatic nitrogens is 3. The lowest BCUT2D eigenvalue weighted by Gasteiger charge is -2.17. The van der Waals surface area contributed by atoms with E-state index >= 15 is 0 Å². The number of benzene rings is 2. The number of nitrogens with zero attached hydrogens (tertiary/aromatic N) is 3. The predicted molar refractivity (Wildman–Crippen MR) is 108 cm³/mol. The first-order valence-electron chi connectivity index (χ1n) is 9.31. The molecule has 3 heterocycles. The third kappa shape index (κ3) is 2.77. The molecule has 0 aliphatic carbocycles. The molecule has 8 nitrogen and oxygen atoms in total. The summed E-state index contributed by atoms with van der Waals surface area (Å²) in [4.78, 5) is 8.46. The minimum atomic E-state index is -1.22. The Morgan fingerprint density at radius 1 is 1.03 bits per heavy atom. The van der Waals surface area contributed by atoms with Crippen LogP contribution in [0.25, 0.3) is 32.9 Å². The van der Waals surface area contributed by atoms with Gasteiger partial charge in [-0.25, -0.2) is 9.97 Å². The van der Waals surface area contributed by atoms with Crippen LogP contribution in [0.4, 0.5) is 5.82 Å². The van der Waals surface area contributed by atoms with Crippen molar-refractivity contribution in [3.63, 3.8) is 0 Å². The fourth-order valence-corrected chi connectivity index (χ4v) is 3.99. The second kappa shape index (κ2) is 6.78. The highest BCUT2D eigenvalue weighted by atomic mass is 16.6. The normalized spacial score (nSPS) is 24.5. The van der Waals surface area contributed by atoms with E-state index in [0.29, 0.717) is 16.9 Å². The van der Waals surface area contributed by atoms with Gasteiger partial charge >= 0.3 is 0 Å². The summed E-state index contributed by atoms with van der Waals surface area (Å²) in [5, 5.41) is 32.9. The Kier molecular flexibility index (Phi) is 4.21. The highest BCUT2D eigenvalue weighted by Gasteiger charge is 2.44. The number of hydrogen-bond donors (Lipinski definition) is 4. The Balaban J connectivity index is 1.71. The summed E-state index contributed by atoms with van der Waals surface area (Å²) in [6, 6.07) is 14.1. The number of aliphatic hydroxyl groups excluding tert-OH is 3.